The normalized spacial score (nSPS) is 12.7. The third-order valence-corrected chi connectivity index (χ3v) is 5.01. The first kappa shape index (κ1) is 27.2. The number of phenols is 1. The number of aromatic hydroxyl groups is 1. The number of para-hydroxylation sites is 2. The zero-order valence-corrected chi connectivity index (χ0v) is 20.5. The lowest BCUT2D eigenvalue weighted by Crippen LogP contribution is -2.52. The Morgan fingerprint density at radius 2 is 1.66 bits per heavy atom. The average Bonchev–Trinajstić information content (AvgIpc) is 2.74. The maximum absolute atomic E-state index is 13.4. The number of carbonyl (C=O) groups is 4. The minimum Gasteiger partial charge on any atom is -0.508 e. The van der Waals surface area contributed by atoms with Gasteiger partial charge in [0.1, 0.15) is 23.4 Å². The van der Waals surface area contributed by atoms with Gasteiger partial charge < -0.3 is 31.1 Å². The van der Waals surface area contributed by atoms with Crippen molar-refractivity contribution in [3.8, 4) is 5.75 Å². The molecule has 0 spiro atoms. The van der Waals surface area contributed by atoms with Crippen molar-refractivity contribution in [3.05, 3.63) is 59.7 Å². The van der Waals surface area contributed by atoms with Gasteiger partial charge in [-0.3, -0.25) is 14.4 Å². The number of aryl methyl sites for hydroxylation is 1. The van der Waals surface area contributed by atoms with Crippen molar-refractivity contribution in [1.82, 2.24) is 10.2 Å². The lowest BCUT2D eigenvalue weighted by molar-refractivity contribution is -0.140. The largest absolute Gasteiger partial charge is 0.508 e. The van der Waals surface area contributed by atoms with Gasteiger partial charge in [-0.05, 0) is 45.4 Å². The number of nitrogens with one attached hydrogen (secondary N) is 2. The van der Waals surface area contributed by atoms with E-state index in [9.17, 15) is 24.3 Å². The number of hydrogen-bond donors (Lipinski definition) is 4. The second kappa shape index (κ2) is 11.4. The molecule has 2 atom stereocenters. The summed E-state index contributed by atoms with van der Waals surface area (Å²) in [6.07, 6.45) is -1.44. The van der Waals surface area contributed by atoms with E-state index in [-0.39, 0.29) is 11.3 Å². The summed E-state index contributed by atoms with van der Waals surface area (Å²) >= 11 is 0. The number of rotatable bonds is 8. The van der Waals surface area contributed by atoms with E-state index in [2.05, 4.69) is 10.6 Å². The lowest BCUT2D eigenvalue weighted by atomic mass is 10.0. The van der Waals surface area contributed by atoms with Gasteiger partial charge in [-0.1, -0.05) is 36.4 Å². The van der Waals surface area contributed by atoms with E-state index < -0.39 is 47.9 Å². The maximum Gasteiger partial charge on any atom is 0.408 e. The lowest BCUT2D eigenvalue weighted by Gasteiger charge is -2.31. The zero-order chi connectivity index (χ0) is 26.3. The minimum atomic E-state index is -1.40. The molecule has 0 aromatic heterocycles. The number of primary amides is 1. The van der Waals surface area contributed by atoms with Gasteiger partial charge in [0.05, 0.1) is 6.42 Å². The van der Waals surface area contributed by atoms with Crippen LogP contribution in [0.1, 0.15) is 44.4 Å². The van der Waals surface area contributed by atoms with Crippen LogP contribution in [0.15, 0.2) is 48.5 Å². The summed E-state index contributed by atoms with van der Waals surface area (Å²) in [4.78, 5) is 51.8. The van der Waals surface area contributed by atoms with E-state index >= 15 is 0 Å². The van der Waals surface area contributed by atoms with Gasteiger partial charge in [-0.15, -0.1) is 0 Å². The number of anilines is 1. The van der Waals surface area contributed by atoms with Crippen molar-refractivity contribution in [3.63, 3.8) is 0 Å². The number of alkyl carbamates (subject to hydrolysis) is 1. The Labute approximate surface area is 204 Å². The summed E-state index contributed by atoms with van der Waals surface area (Å²) < 4.78 is 5.19. The molecule has 5 N–H and O–H groups in total. The van der Waals surface area contributed by atoms with Crippen LogP contribution >= 0.6 is 0 Å². The van der Waals surface area contributed by atoms with E-state index in [4.69, 9.17) is 10.5 Å². The van der Waals surface area contributed by atoms with Crippen LogP contribution in [0.5, 0.6) is 5.75 Å². The number of ether oxygens (including phenoxy) is 1. The quantitative estimate of drug-likeness (QED) is 0.452. The molecule has 0 aliphatic carbocycles. The second-order valence-corrected chi connectivity index (χ2v) is 9.08. The maximum atomic E-state index is 13.4. The Bertz CT molecular complexity index is 1100. The highest BCUT2D eigenvalue weighted by Gasteiger charge is 2.36. The fourth-order valence-corrected chi connectivity index (χ4v) is 3.38. The highest BCUT2D eigenvalue weighted by Crippen LogP contribution is 2.30. The first-order chi connectivity index (χ1) is 16.3. The average molecular weight is 485 g/mol. The molecule has 2 rings (SSSR count). The van der Waals surface area contributed by atoms with Gasteiger partial charge in [0.15, 0.2) is 0 Å². The van der Waals surface area contributed by atoms with Crippen molar-refractivity contribution in [1.29, 1.82) is 0 Å². The predicted octanol–water partition coefficient (Wildman–Crippen LogP) is 2.61. The summed E-state index contributed by atoms with van der Waals surface area (Å²) in [5, 5.41) is 15.6. The summed E-state index contributed by atoms with van der Waals surface area (Å²) in [6, 6.07) is 10.5. The van der Waals surface area contributed by atoms with E-state index in [0.717, 1.165) is 10.5 Å². The fraction of sp³-hybridized carbons (Fsp3) is 0.360. The number of nitrogens with two attached hydrogens (primary N) is 1. The molecular formula is C25H32N4O6. The molecule has 2 aromatic carbocycles. The molecule has 35 heavy (non-hydrogen) atoms. The SMILES string of the molecule is Cc1ccccc1NC(=O)C(c1ccccc1O)N(C)C(=O)C(CC(N)=O)NC(=O)OC(C)(C)C. The van der Waals surface area contributed by atoms with Gasteiger partial charge >= 0.3 is 6.09 Å². The molecule has 0 aliphatic rings. The van der Waals surface area contributed by atoms with Crippen LogP contribution in [0.4, 0.5) is 10.5 Å². The van der Waals surface area contributed by atoms with Crippen LogP contribution in [-0.2, 0) is 19.1 Å². The Morgan fingerprint density at radius 3 is 2.23 bits per heavy atom. The Balaban J connectivity index is 2.41. The van der Waals surface area contributed by atoms with Crippen molar-refractivity contribution >= 4 is 29.5 Å². The zero-order valence-electron chi connectivity index (χ0n) is 20.5. The first-order valence-electron chi connectivity index (χ1n) is 11.0. The Hall–Kier alpha value is -4.08. The third-order valence-electron chi connectivity index (χ3n) is 5.01. The predicted molar refractivity (Wildman–Crippen MR) is 130 cm³/mol. The topological polar surface area (TPSA) is 151 Å². The summed E-state index contributed by atoms with van der Waals surface area (Å²) in [5.41, 5.74) is 5.94. The van der Waals surface area contributed by atoms with E-state index in [1.165, 1.54) is 19.2 Å². The van der Waals surface area contributed by atoms with Crippen LogP contribution in [0, 0.1) is 6.92 Å². The van der Waals surface area contributed by atoms with Gasteiger partial charge in [0, 0.05) is 18.3 Å². The smallest absolute Gasteiger partial charge is 0.408 e. The Kier molecular flexibility index (Phi) is 8.82. The van der Waals surface area contributed by atoms with Gasteiger partial charge in [0.25, 0.3) is 5.91 Å². The molecule has 2 unspecified atom stereocenters. The van der Waals surface area contributed by atoms with Crippen LogP contribution < -0.4 is 16.4 Å². The van der Waals surface area contributed by atoms with Crippen LogP contribution in [0.2, 0.25) is 0 Å². The molecule has 0 radical (unpaired) electrons. The molecule has 10 heteroatoms. The fourth-order valence-electron chi connectivity index (χ4n) is 3.38. The Morgan fingerprint density at radius 1 is 1.06 bits per heavy atom. The van der Waals surface area contributed by atoms with Crippen molar-refractivity contribution in [2.45, 2.75) is 51.8 Å². The van der Waals surface area contributed by atoms with Gasteiger partial charge in [-0.2, -0.15) is 0 Å². The van der Waals surface area contributed by atoms with E-state index in [1.54, 1.807) is 45.0 Å². The molecule has 0 aliphatic heterocycles. The number of likely N-dealkylation sites (N-methyl/N-ethyl adjacent to an activating group) is 1. The number of carbonyl (C=O) groups excluding carboxylic acids is 4. The van der Waals surface area contributed by atoms with Crippen molar-refractivity contribution in [2.24, 2.45) is 5.73 Å². The summed E-state index contributed by atoms with van der Waals surface area (Å²) in [5.74, 6) is -2.42. The van der Waals surface area contributed by atoms with Crippen molar-refractivity contribution in [2.75, 3.05) is 12.4 Å². The molecule has 0 saturated heterocycles. The molecule has 0 bridgehead atoms. The second-order valence-electron chi connectivity index (χ2n) is 9.08. The monoisotopic (exact) mass is 484 g/mol. The summed E-state index contributed by atoms with van der Waals surface area (Å²) in [7, 11) is 1.33. The number of phenolic OH excluding ortho intramolecular Hbond substituents is 1. The van der Waals surface area contributed by atoms with Crippen LogP contribution in [0.3, 0.4) is 0 Å². The molecule has 2 aromatic rings. The molecule has 188 valence electrons. The highest BCUT2D eigenvalue weighted by molar-refractivity contribution is 6.00. The van der Waals surface area contributed by atoms with Gasteiger partial charge in [-0.25, -0.2) is 4.79 Å². The summed E-state index contributed by atoms with van der Waals surface area (Å²) in [6.45, 7) is 6.75. The molecule has 0 heterocycles. The first-order valence-corrected chi connectivity index (χ1v) is 11.0. The number of hydrogen-bond acceptors (Lipinski definition) is 6. The number of nitrogens with zero attached hydrogens (tertiary/aromatic N) is 1. The van der Waals surface area contributed by atoms with E-state index in [1.807, 2.05) is 19.1 Å². The number of benzene rings is 2. The molecule has 4 amide bonds. The number of amides is 4. The van der Waals surface area contributed by atoms with Crippen molar-refractivity contribution < 1.29 is 29.0 Å². The van der Waals surface area contributed by atoms with E-state index in [0.29, 0.717) is 5.69 Å². The highest BCUT2D eigenvalue weighted by atomic mass is 16.6. The molecule has 10 nitrogen and oxygen atoms in total. The standard InChI is InChI=1S/C25H32N4O6/c1-15-10-6-8-12-17(15)27-22(32)21(16-11-7-9-13-19(16)30)29(5)23(33)18(14-20(26)31)28-24(34)35-25(2,3)4/h6-13,18,21,30H,14H2,1-5H3,(H2,26,31)(H,27,32)(H,28,34). The molecule has 0 saturated carbocycles. The molecule has 0 fully saturated rings. The van der Waals surface area contributed by atoms with Crippen LogP contribution in [0.25, 0.3) is 0 Å². The third kappa shape index (κ3) is 7.73. The molecular weight excluding hydrogens is 452 g/mol. The van der Waals surface area contributed by atoms with Gasteiger partial charge in [0.2, 0.25) is 11.8 Å². The van der Waals surface area contributed by atoms with Crippen LogP contribution in [-0.4, -0.2) is 52.5 Å². The minimum absolute atomic E-state index is 0.157.